The van der Waals surface area contributed by atoms with E-state index in [1.807, 2.05) is 0 Å². The van der Waals surface area contributed by atoms with Gasteiger partial charge < -0.3 is 0 Å². The van der Waals surface area contributed by atoms with Gasteiger partial charge in [0.1, 0.15) is 0 Å². The molecule has 0 bridgehead atoms. The number of hydrogen-bond acceptors (Lipinski definition) is 1. The molecule has 4 heteroatoms. The second kappa shape index (κ2) is 11.8. The van der Waals surface area contributed by atoms with Gasteiger partial charge in [-0.3, -0.25) is 0 Å². The van der Waals surface area contributed by atoms with Gasteiger partial charge in [0.05, 0.1) is 0 Å². The topological polar surface area (TPSA) is 48.8 Å². The summed E-state index contributed by atoms with van der Waals surface area (Å²) < 4.78 is 0. The van der Waals surface area contributed by atoms with Crippen LogP contribution in [0.1, 0.15) is 44.9 Å². The van der Waals surface area contributed by atoms with E-state index in [2.05, 4.69) is 26.0 Å². The average Bonchev–Trinajstić information content (AvgIpc) is 2.16. The van der Waals surface area contributed by atoms with Gasteiger partial charge in [-0.15, -0.1) is 0 Å². The summed E-state index contributed by atoms with van der Waals surface area (Å²) in [6, 6.07) is 0. The van der Waals surface area contributed by atoms with Crippen LogP contribution < -0.4 is 0 Å². The van der Waals surface area contributed by atoms with Crippen molar-refractivity contribution in [3.63, 3.8) is 0 Å². The van der Waals surface area contributed by atoms with Crippen LogP contribution in [0.3, 0.4) is 0 Å². The Morgan fingerprint density at radius 3 is 2.00 bits per heavy atom. The van der Waals surface area contributed by atoms with E-state index in [4.69, 9.17) is 5.53 Å². The van der Waals surface area contributed by atoms with Crippen molar-refractivity contribution >= 4 is 15.9 Å². The molecule has 0 aliphatic heterocycles. The van der Waals surface area contributed by atoms with Gasteiger partial charge in [-0.05, 0) is 18.4 Å². The lowest BCUT2D eigenvalue weighted by atomic mass is 10.1. The molecule has 0 heterocycles. The second-order valence-corrected chi connectivity index (χ2v) is 3.91. The lowest BCUT2D eigenvalue weighted by molar-refractivity contribution is 0.594. The van der Waals surface area contributed by atoms with Gasteiger partial charge in [0.2, 0.25) is 0 Å². The van der Waals surface area contributed by atoms with E-state index < -0.39 is 0 Å². The standard InChI is InChI=1S/C9H18BrN3/c10-8-6-4-2-1-3-5-7-9-12-13-11/h1-9H2. The van der Waals surface area contributed by atoms with Crippen LogP contribution in [-0.4, -0.2) is 11.9 Å². The molecule has 0 aliphatic rings. The van der Waals surface area contributed by atoms with E-state index in [1.54, 1.807) is 0 Å². The summed E-state index contributed by atoms with van der Waals surface area (Å²) >= 11 is 3.41. The maximum Gasteiger partial charge on any atom is 0.0257 e. The van der Waals surface area contributed by atoms with E-state index in [0.717, 1.165) is 11.8 Å². The van der Waals surface area contributed by atoms with Crippen LogP contribution in [0.2, 0.25) is 0 Å². The summed E-state index contributed by atoms with van der Waals surface area (Å²) in [6.07, 6.45) is 8.82. The number of hydrogen-bond donors (Lipinski definition) is 0. The molecular weight excluding hydrogens is 230 g/mol. The van der Waals surface area contributed by atoms with E-state index in [0.29, 0.717) is 6.54 Å². The van der Waals surface area contributed by atoms with E-state index in [-0.39, 0.29) is 0 Å². The number of azide groups is 1. The van der Waals surface area contributed by atoms with E-state index in [1.165, 1.54) is 38.5 Å². The predicted molar refractivity (Wildman–Crippen MR) is 60.1 cm³/mol. The molecule has 0 saturated carbocycles. The molecule has 0 aromatic rings. The largest absolute Gasteiger partial charge is 0.0940 e. The molecule has 0 saturated heterocycles. The lowest BCUT2D eigenvalue weighted by Crippen LogP contribution is -1.83. The van der Waals surface area contributed by atoms with Gasteiger partial charge >= 0.3 is 0 Å². The van der Waals surface area contributed by atoms with Crippen molar-refractivity contribution in [3.8, 4) is 0 Å². The van der Waals surface area contributed by atoms with Crippen molar-refractivity contribution < 1.29 is 0 Å². The molecule has 0 fully saturated rings. The Labute approximate surface area is 88.7 Å². The van der Waals surface area contributed by atoms with E-state index in [9.17, 15) is 0 Å². The Bertz CT molecular complexity index is 144. The maximum atomic E-state index is 8.02. The zero-order valence-corrected chi connectivity index (χ0v) is 9.67. The van der Waals surface area contributed by atoms with Crippen molar-refractivity contribution in [2.45, 2.75) is 44.9 Å². The highest BCUT2D eigenvalue weighted by atomic mass is 79.9. The van der Waals surface area contributed by atoms with Gasteiger partial charge in [-0.25, -0.2) is 0 Å². The van der Waals surface area contributed by atoms with Crippen molar-refractivity contribution in [1.29, 1.82) is 0 Å². The summed E-state index contributed by atoms with van der Waals surface area (Å²) in [5, 5.41) is 4.62. The summed E-state index contributed by atoms with van der Waals surface area (Å²) in [5.74, 6) is 0. The van der Waals surface area contributed by atoms with Crippen molar-refractivity contribution in [2.24, 2.45) is 5.11 Å². The van der Waals surface area contributed by atoms with Crippen LogP contribution in [0.15, 0.2) is 5.11 Å². The number of unbranched alkanes of at least 4 members (excludes halogenated alkanes) is 6. The maximum absolute atomic E-state index is 8.02. The number of rotatable bonds is 9. The van der Waals surface area contributed by atoms with E-state index >= 15 is 0 Å². The molecule has 0 spiro atoms. The monoisotopic (exact) mass is 247 g/mol. The third kappa shape index (κ3) is 11.8. The highest BCUT2D eigenvalue weighted by Crippen LogP contribution is 2.07. The lowest BCUT2D eigenvalue weighted by Gasteiger charge is -1.98. The first kappa shape index (κ1) is 12.8. The van der Waals surface area contributed by atoms with Gasteiger partial charge in [0.25, 0.3) is 0 Å². The molecule has 0 atom stereocenters. The Morgan fingerprint density at radius 1 is 0.923 bits per heavy atom. The van der Waals surface area contributed by atoms with Crippen molar-refractivity contribution in [3.05, 3.63) is 10.4 Å². The first-order valence-electron chi connectivity index (χ1n) is 4.98. The zero-order chi connectivity index (χ0) is 9.78. The third-order valence-corrected chi connectivity index (χ3v) is 2.52. The third-order valence-electron chi connectivity index (χ3n) is 1.95. The van der Waals surface area contributed by atoms with Gasteiger partial charge in [0.15, 0.2) is 0 Å². The van der Waals surface area contributed by atoms with Crippen molar-refractivity contribution in [1.82, 2.24) is 0 Å². The van der Waals surface area contributed by atoms with Crippen LogP contribution in [-0.2, 0) is 0 Å². The first-order chi connectivity index (χ1) is 6.41. The normalized spacial score (nSPS) is 9.62. The SMILES string of the molecule is [N-]=[N+]=NCCCCCCCCCBr. The number of halogens is 1. The average molecular weight is 248 g/mol. The Kier molecular flexibility index (Phi) is 11.6. The molecule has 3 nitrogen and oxygen atoms in total. The second-order valence-electron chi connectivity index (χ2n) is 3.12. The van der Waals surface area contributed by atoms with Crippen LogP contribution in [0.25, 0.3) is 10.4 Å². The zero-order valence-electron chi connectivity index (χ0n) is 8.08. The molecule has 0 rings (SSSR count). The fourth-order valence-corrected chi connectivity index (χ4v) is 1.60. The Morgan fingerprint density at radius 2 is 1.46 bits per heavy atom. The summed E-state index contributed by atoms with van der Waals surface area (Å²) in [5.41, 5.74) is 8.02. The molecular formula is C9H18BrN3. The minimum absolute atomic E-state index is 0.665. The smallest absolute Gasteiger partial charge is 0.0257 e. The van der Waals surface area contributed by atoms with Gasteiger partial charge in [0, 0.05) is 16.8 Å². The highest BCUT2D eigenvalue weighted by molar-refractivity contribution is 9.09. The minimum atomic E-state index is 0.665. The summed E-state index contributed by atoms with van der Waals surface area (Å²) in [6.45, 7) is 0.665. The molecule has 0 aliphatic carbocycles. The molecule has 0 radical (unpaired) electrons. The van der Waals surface area contributed by atoms with Gasteiger partial charge in [-0.1, -0.05) is 53.1 Å². The summed E-state index contributed by atoms with van der Waals surface area (Å²) in [7, 11) is 0. The molecule has 13 heavy (non-hydrogen) atoms. The molecule has 0 aromatic carbocycles. The summed E-state index contributed by atoms with van der Waals surface area (Å²) in [4.78, 5) is 2.71. The predicted octanol–water partition coefficient (Wildman–Crippen LogP) is 4.42. The Hall–Kier alpha value is -0.210. The highest BCUT2D eigenvalue weighted by Gasteiger charge is 1.90. The van der Waals surface area contributed by atoms with Gasteiger partial charge in [-0.2, -0.15) is 0 Å². The molecule has 0 N–H and O–H groups in total. The molecule has 76 valence electrons. The Balaban J connectivity index is 2.87. The molecule has 0 aromatic heterocycles. The quantitative estimate of drug-likeness (QED) is 0.191. The molecule has 0 amide bonds. The van der Waals surface area contributed by atoms with Crippen LogP contribution in [0.5, 0.6) is 0 Å². The fraction of sp³-hybridized carbons (Fsp3) is 1.00. The fourth-order valence-electron chi connectivity index (χ4n) is 1.21. The number of nitrogens with zero attached hydrogens (tertiary/aromatic N) is 3. The first-order valence-corrected chi connectivity index (χ1v) is 6.10. The molecule has 0 unspecified atom stereocenters. The minimum Gasteiger partial charge on any atom is -0.0940 e. The van der Waals surface area contributed by atoms with Crippen molar-refractivity contribution in [2.75, 3.05) is 11.9 Å². The van der Waals surface area contributed by atoms with Crippen LogP contribution in [0.4, 0.5) is 0 Å². The van der Waals surface area contributed by atoms with Crippen LogP contribution >= 0.6 is 15.9 Å². The van der Waals surface area contributed by atoms with Crippen LogP contribution in [0, 0.1) is 0 Å². The number of alkyl halides is 1.